The van der Waals surface area contributed by atoms with Crippen molar-refractivity contribution in [2.45, 2.75) is 31.6 Å². The molecule has 0 saturated carbocycles. The molecular weight excluding hydrogens is 715 g/mol. The highest BCUT2D eigenvalue weighted by Gasteiger charge is 2.36. The van der Waals surface area contributed by atoms with Gasteiger partial charge in [0, 0.05) is 33.4 Å². The highest BCUT2D eigenvalue weighted by atomic mass is 14.9. The number of hydrogen-bond donors (Lipinski definition) is 0. The van der Waals surface area contributed by atoms with E-state index in [9.17, 15) is 0 Å². The summed E-state index contributed by atoms with van der Waals surface area (Å²) in [6, 6.07) is 63.1. The highest BCUT2D eigenvalue weighted by Crippen LogP contribution is 2.51. The van der Waals surface area contributed by atoms with Crippen LogP contribution in [0.4, 0.5) is 0 Å². The van der Waals surface area contributed by atoms with Crippen molar-refractivity contribution in [3.05, 3.63) is 217 Å². The minimum absolute atomic E-state index is 0.114. The third kappa shape index (κ3) is 6.09. The van der Waals surface area contributed by atoms with Gasteiger partial charge in [-0.2, -0.15) is 0 Å². The van der Waals surface area contributed by atoms with Gasteiger partial charge in [-0.05, 0) is 98.1 Å². The lowest BCUT2D eigenvalue weighted by Crippen LogP contribution is -2.14. The van der Waals surface area contributed by atoms with Crippen LogP contribution in [0.2, 0.25) is 0 Å². The first-order chi connectivity index (χ1) is 29.0. The largest absolute Gasteiger partial charge is 0.248 e. The fraction of sp³-hybridized carbons (Fsp3) is 0.0893. The molecule has 2 heterocycles. The Morgan fingerprint density at radius 1 is 0.475 bits per heavy atom. The Kier molecular flexibility index (Phi) is 8.30. The van der Waals surface area contributed by atoms with Crippen molar-refractivity contribution in [1.82, 2.24) is 15.0 Å². The Morgan fingerprint density at radius 3 is 1.78 bits per heavy atom. The molecule has 11 rings (SSSR count). The molecule has 0 fully saturated rings. The molecule has 9 aromatic rings. The van der Waals surface area contributed by atoms with Gasteiger partial charge >= 0.3 is 0 Å². The Morgan fingerprint density at radius 2 is 1.08 bits per heavy atom. The Bertz CT molecular complexity index is 3080. The number of fused-ring (bicyclic) bond motifs is 5. The lowest BCUT2D eigenvalue weighted by molar-refractivity contribution is 0.661. The summed E-state index contributed by atoms with van der Waals surface area (Å²) in [6.45, 7) is 4.68. The molecule has 7 aromatic carbocycles. The lowest BCUT2D eigenvalue weighted by Gasteiger charge is -2.23. The zero-order chi connectivity index (χ0) is 39.5. The average molecular weight is 756 g/mol. The molecule has 0 amide bonds. The van der Waals surface area contributed by atoms with E-state index >= 15 is 0 Å². The van der Waals surface area contributed by atoms with Crippen LogP contribution in [0.1, 0.15) is 48.7 Å². The van der Waals surface area contributed by atoms with Crippen LogP contribution in [0, 0.1) is 0 Å². The summed E-state index contributed by atoms with van der Waals surface area (Å²) >= 11 is 0. The van der Waals surface area contributed by atoms with E-state index in [0.717, 1.165) is 62.5 Å². The monoisotopic (exact) mass is 755 g/mol. The summed E-state index contributed by atoms with van der Waals surface area (Å²) in [7, 11) is 0. The molecule has 0 aliphatic heterocycles. The Balaban J connectivity index is 1.07. The van der Waals surface area contributed by atoms with Crippen LogP contribution in [-0.4, -0.2) is 15.0 Å². The first-order valence-corrected chi connectivity index (χ1v) is 20.5. The van der Waals surface area contributed by atoms with Crippen LogP contribution in [0.5, 0.6) is 0 Å². The van der Waals surface area contributed by atoms with E-state index in [1.807, 2.05) is 12.1 Å². The fourth-order valence-corrected chi connectivity index (χ4v) is 9.38. The number of aromatic nitrogens is 3. The van der Waals surface area contributed by atoms with Crippen molar-refractivity contribution in [3.63, 3.8) is 0 Å². The van der Waals surface area contributed by atoms with Gasteiger partial charge in [0.15, 0.2) is 5.82 Å². The molecule has 59 heavy (non-hydrogen) atoms. The van der Waals surface area contributed by atoms with Crippen LogP contribution < -0.4 is 0 Å². The maximum atomic E-state index is 5.38. The first-order valence-electron chi connectivity index (χ1n) is 20.5. The molecule has 0 bridgehead atoms. The number of benzene rings is 7. The Hall–Kier alpha value is -7.23. The molecule has 280 valence electrons. The predicted molar refractivity (Wildman–Crippen MR) is 245 cm³/mol. The molecule has 0 saturated heterocycles. The molecule has 0 radical (unpaired) electrons. The third-order valence-electron chi connectivity index (χ3n) is 12.4. The zero-order valence-corrected chi connectivity index (χ0v) is 33.1. The number of rotatable bonds is 6. The Labute approximate surface area is 345 Å². The van der Waals surface area contributed by atoms with Crippen LogP contribution >= 0.6 is 0 Å². The van der Waals surface area contributed by atoms with Gasteiger partial charge in [0.1, 0.15) is 0 Å². The van der Waals surface area contributed by atoms with Gasteiger partial charge in [0.25, 0.3) is 0 Å². The van der Waals surface area contributed by atoms with E-state index in [0.29, 0.717) is 0 Å². The van der Waals surface area contributed by atoms with Gasteiger partial charge in [0.05, 0.1) is 22.6 Å². The van der Waals surface area contributed by atoms with E-state index in [1.54, 1.807) is 0 Å². The summed E-state index contributed by atoms with van der Waals surface area (Å²) < 4.78 is 0. The maximum absolute atomic E-state index is 5.38. The number of hydrogen-bond acceptors (Lipinski definition) is 3. The SMILES string of the molecule is CC1(C)c2ccccc2-c2cc3c(-c4cc(C5C=CC=C(c6nc(-c7ccccc7)cc(-c7ccccc7)n6)C5)c5ccccc5c4)cc(-c4ccccc4)nc3cc21. The molecule has 2 aliphatic rings. The van der Waals surface area contributed by atoms with Crippen molar-refractivity contribution in [2.75, 3.05) is 0 Å². The third-order valence-corrected chi connectivity index (χ3v) is 12.4. The normalized spacial score (nSPS) is 15.2. The molecule has 0 N–H and O–H groups in total. The predicted octanol–water partition coefficient (Wildman–Crippen LogP) is 14.3. The van der Waals surface area contributed by atoms with Crippen molar-refractivity contribution < 1.29 is 0 Å². The molecule has 2 aliphatic carbocycles. The summed E-state index contributed by atoms with van der Waals surface area (Å²) in [5.74, 6) is 0.882. The van der Waals surface area contributed by atoms with E-state index in [2.05, 4.69) is 196 Å². The van der Waals surface area contributed by atoms with Gasteiger partial charge < -0.3 is 0 Å². The summed E-state index contributed by atoms with van der Waals surface area (Å²) in [4.78, 5) is 15.8. The van der Waals surface area contributed by atoms with E-state index in [1.165, 1.54) is 49.7 Å². The van der Waals surface area contributed by atoms with Crippen LogP contribution in [0.25, 0.3) is 83.3 Å². The van der Waals surface area contributed by atoms with Gasteiger partial charge in [0.2, 0.25) is 0 Å². The molecule has 1 atom stereocenters. The standard InChI is InChI=1S/C56H41N3/c1-56(2)49-28-15-14-27-44(49)47-32-48-46(33-51(36-17-6-3-7-18-36)57-54(48)34-50(47)56)42-30-39-23-12-13-26-43(39)45(31-42)40-24-16-25-41(29-40)55-58-52(37-19-8-4-9-20-37)35-53(59-55)38-21-10-5-11-22-38/h3-28,30-35,40H,29H2,1-2H3. The molecule has 0 spiro atoms. The molecule has 1 unspecified atom stereocenters. The molecule has 3 nitrogen and oxygen atoms in total. The number of pyridine rings is 1. The number of allylic oxidation sites excluding steroid dienone is 4. The summed E-state index contributed by atoms with van der Waals surface area (Å²) in [5.41, 5.74) is 17.1. The zero-order valence-electron chi connectivity index (χ0n) is 33.1. The summed E-state index contributed by atoms with van der Waals surface area (Å²) in [6.07, 6.45) is 7.52. The maximum Gasteiger partial charge on any atom is 0.156 e. The second kappa shape index (κ2) is 14.0. The minimum Gasteiger partial charge on any atom is -0.248 e. The van der Waals surface area contributed by atoms with Crippen LogP contribution in [0.3, 0.4) is 0 Å². The van der Waals surface area contributed by atoms with Gasteiger partial charge in [-0.3, -0.25) is 0 Å². The molecule has 2 aromatic heterocycles. The smallest absolute Gasteiger partial charge is 0.156 e. The van der Waals surface area contributed by atoms with Crippen LogP contribution in [0.15, 0.2) is 194 Å². The van der Waals surface area contributed by atoms with Crippen molar-refractivity contribution >= 4 is 27.2 Å². The van der Waals surface area contributed by atoms with Gasteiger partial charge in [-0.25, -0.2) is 15.0 Å². The van der Waals surface area contributed by atoms with Crippen molar-refractivity contribution in [3.8, 4) is 56.0 Å². The lowest BCUT2D eigenvalue weighted by atomic mass is 9.81. The molecule has 3 heteroatoms. The topological polar surface area (TPSA) is 38.7 Å². The molecular formula is C56H41N3. The number of nitrogens with zero attached hydrogens (tertiary/aromatic N) is 3. The second-order valence-electron chi connectivity index (χ2n) is 16.4. The second-order valence-corrected chi connectivity index (χ2v) is 16.4. The minimum atomic E-state index is -0.119. The van der Waals surface area contributed by atoms with Crippen molar-refractivity contribution in [2.24, 2.45) is 0 Å². The van der Waals surface area contributed by atoms with E-state index in [-0.39, 0.29) is 11.3 Å². The quantitative estimate of drug-likeness (QED) is 0.170. The van der Waals surface area contributed by atoms with Gasteiger partial charge in [-0.1, -0.05) is 172 Å². The van der Waals surface area contributed by atoms with Gasteiger partial charge in [-0.15, -0.1) is 0 Å². The fourth-order valence-electron chi connectivity index (χ4n) is 9.38. The highest BCUT2D eigenvalue weighted by molar-refractivity contribution is 6.03. The average Bonchev–Trinajstić information content (AvgIpc) is 3.53. The van der Waals surface area contributed by atoms with E-state index in [4.69, 9.17) is 15.0 Å². The summed E-state index contributed by atoms with van der Waals surface area (Å²) in [5, 5.41) is 3.64. The van der Waals surface area contributed by atoms with Crippen LogP contribution in [-0.2, 0) is 5.41 Å². The first kappa shape index (κ1) is 35.0. The van der Waals surface area contributed by atoms with E-state index < -0.39 is 0 Å². The van der Waals surface area contributed by atoms with Crippen molar-refractivity contribution in [1.29, 1.82) is 0 Å².